The number of benzene rings is 6. The lowest BCUT2D eigenvalue weighted by Crippen LogP contribution is -2.03. The van der Waals surface area contributed by atoms with Crippen LogP contribution in [-0.2, 0) is 0 Å². The molecule has 0 N–H and O–H groups in total. The molecule has 6 aromatic carbocycles. The molecule has 9 nitrogen and oxygen atoms in total. The third-order valence-electron chi connectivity index (χ3n) is 11.4. The van der Waals surface area contributed by atoms with Crippen LogP contribution in [0, 0.1) is 13.8 Å². The van der Waals surface area contributed by atoms with Gasteiger partial charge in [-0.25, -0.2) is 19.9 Å². The fraction of sp³-hybridized carbons (Fsp3) is 0.0385. The van der Waals surface area contributed by atoms with E-state index >= 15 is 0 Å². The molecule has 0 fully saturated rings. The highest BCUT2D eigenvalue weighted by Crippen LogP contribution is 2.40. The van der Waals surface area contributed by atoms with Crippen molar-refractivity contribution in [2.75, 3.05) is 0 Å². The summed E-state index contributed by atoms with van der Waals surface area (Å²) in [6.07, 6.45) is 3.64. The Kier molecular flexibility index (Phi) is 7.76. The second-order valence-electron chi connectivity index (χ2n) is 15.3. The molecule has 12 aromatic rings. The summed E-state index contributed by atoms with van der Waals surface area (Å²) in [6.45, 7) is 3.99. The van der Waals surface area contributed by atoms with E-state index in [4.69, 9.17) is 29.4 Å². The first-order valence-electron chi connectivity index (χ1n) is 20.2. The lowest BCUT2D eigenvalue weighted by atomic mass is 10.1. The van der Waals surface area contributed by atoms with Crippen LogP contribution < -0.4 is 9.47 Å². The zero-order chi connectivity index (χ0) is 40.6. The monoisotopic (exact) mass is 789 g/mol. The van der Waals surface area contributed by atoms with Gasteiger partial charge < -0.3 is 9.47 Å². The number of aryl methyl sites for hydroxylation is 2. The summed E-state index contributed by atoms with van der Waals surface area (Å²) in [5, 5.41) is 6.66. The minimum absolute atomic E-state index is 0.578. The van der Waals surface area contributed by atoms with E-state index in [1.54, 1.807) is 0 Å². The van der Waals surface area contributed by atoms with Crippen LogP contribution in [0.25, 0.3) is 83.0 Å². The molecular weight excluding hydrogens is 755 g/mol. The molecule has 0 amide bonds. The first-order chi connectivity index (χ1) is 30.0. The predicted octanol–water partition coefficient (Wildman–Crippen LogP) is 12.8. The lowest BCUT2D eigenvalue weighted by molar-refractivity contribution is 0.484. The van der Waals surface area contributed by atoms with Gasteiger partial charge in [-0.1, -0.05) is 48.5 Å². The first kappa shape index (κ1) is 34.7. The van der Waals surface area contributed by atoms with Crippen LogP contribution in [0.1, 0.15) is 11.4 Å². The fourth-order valence-corrected chi connectivity index (χ4v) is 8.89. The Morgan fingerprint density at radius 2 is 0.705 bits per heavy atom. The number of hydrogen-bond acceptors (Lipinski definition) is 6. The highest BCUT2D eigenvalue weighted by Gasteiger charge is 2.19. The van der Waals surface area contributed by atoms with Gasteiger partial charge in [-0.3, -0.25) is 13.7 Å². The molecule has 0 atom stereocenters. The molecule has 290 valence electrons. The van der Waals surface area contributed by atoms with Gasteiger partial charge in [-0.2, -0.15) is 0 Å². The number of para-hydroxylation sites is 2. The molecule has 0 radical (unpaired) electrons. The molecule has 0 bridgehead atoms. The van der Waals surface area contributed by atoms with Gasteiger partial charge in [-0.15, -0.1) is 0 Å². The van der Waals surface area contributed by atoms with Crippen LogP contribution in [0.5, 0.6) is 23.0 Å². The van der Waals surface area contributed by atoms with Gasteiger partial charge in [0.25, 0.3) is 0 Å². The average Bonchev–Trinajstić information content (AvgIpc) is 3.91. The lowest BCUT2D eigenvalue weighted by Gasteiger charge is -2.11. The number of fused-ring (bicyclic) bond motifs is 9. The molecule has 9 heteroatoms. The Hall–Kier alpha value is -8.30. The van der Waals surface area contributed by atoms with E-state index in [9.17, 15) is 0 Å². The molecule has 61 heavy (non-hydrogen) atoms. The van der Waals surface area contributed by atoms with E-state index in [2.05, 4.69) is 111 Å². The molecule has 0 saturated heterocycles. The van der Waals surface area contributed by atoms with Crippen molar-refractivity contribution in [1.82, 2.24) is 33.6 Å². The van der Waals surface area contributed by atoms with Gasteiger partial charge in [-0.05, 0) is 105 Å². The Bertz CT molecular complexity index is 3450. The number of ether oxygens (including phenoxy) is 2. The van der Waals surface area contributed by atoms with Crippen molar-refractivity contribution in [3.05, 3.63) is 188 Å². The summed E-state index contributed by atoms with van der Waals surface area (Å²) >= 11 is 0. The van der Waals surface area contributed by atoms with Crippen molar-refractivity contribution in [3.63, 3.8) is 0 Å². The maximum Gasteiger partial charge on any atom is 0.235 e. The Balaban J connectivity index is 0.972. The first-order valence-corrected chi connectivity index (χ1v) is 20.2. The summed E-state index contributed by atoms with van der Waals surface area (Å²) in [6, 6.07) is 55.7. The predicted molar refractivity (Wildman–Crippen MR) is 243 cm³/mol. The molecule has 12 rings (SSSR count). The number of nitrogens with zero attached hydrogens (tertiary/aromatic N) is 7. The standard InChI is InChI=1S/C52H35N7O2/c1-32-27-33(2)56-52(55-32)59-48-30-36(60-34-17-21-40-38-11-3-5-13-44(38)57(46(40)28-34)50-15-7-9-25-53-50)19-23-42(48)43-24-20-37(31-49(43)59)61-35-18-22-41-39-12-4-6-14-45(39)58(47(41)29-35)51-16-8-10-26-54-51/h3-31H,1-2H3. The zero-order valence-corrected chi connectivity index (χ0v) is 33.2. The van der Waals surface area contributed by atoms with Crippen molar-refractivity contribution in [2.24, 2.45) is 0 Å². The topological polar surface area (TPSA) is 84.8 Å². The van der Waals surface area contributed by atoms with Gasteiger partial charge >= 0.3 is 0 Å². The summed E-state index contributed by atoms with van der Waals surface area (Å²) < 4.78 is 19.9. The van der Waals surface area contributed by atoms with E-state index in [1.807, 2.05) is 93.0 Å². The quantitative estimate of drug-likeness (QED) is 0.160. The van der Waals surface area contributed by atoms with Crippen LogP contribution in [0.2, 0.25) is 0 Å². The van der Waals surface area contributed by atoms with Crippen LogP contribution in [-0.4, -0.2) is 33.6 Å². The summed E-state index contributed by atoms with van der Waals surface area (Å²) in [4.78, 5) is 19.3. The molecular formula is C52H35N7O2. The van der Waals surface area contributed by atoms with Crippen LogP contribution >= 0.6 is 0 Å². The van der Waals surface area contributed by atoms with Crippen molar-refractivity contribution >= 4 is 65.4 Å². The van der Waals surface area contributed by atoms with Crippen molar-refractivity contribution in [3.8, 4) is 40.6 Å². The van der Waals surface area contributed by atoms with Crippen molar-refractivity contribution in [2.45, 2.75) is 13.8 Å². The van der Waals surface area contributed by atoms with Gasteiger partial charge in [0.1, 0.15) is 34.6 Å². The Morgan fingerprint density at radius 3 is 1.10 bits per heavy atom. The van der Waals surface area contributed by atoms with E-state index in [0.29, 0.717) is 28.9 Å². The minimum Gasteiger partial charge on any atom is -0.457 e. The number of pyridine rings is 2. The van der Waals surface area contributed by atoms with Crippen LogP contribution in [0.4, 0.5) is 0 Å². The van der Waals surface area contributed by atoms with Crippen LogP contribution in [0.3, 0.4) is 0 Å². The Morgan fingerprint density at radius 1 is 0.344 bits per heavy atom. The van der Waals surface area contributed by atoms with Crippen molar-refractivity contribution in [1.29, 1.82) is 0 Å². The average molecular weight is 790 g/mol. The number of hydrogen-bond donors (Lipinski definition) is 0. The van der Waals surface area contributed by atoms with Gasteiger partial charge in [0.2, 0.25) is 5.95 Å². The largest absolute Gasteiger partial charge is 0.457 e. The zero-order valence-electron chi connectivity index (χ0n) is 33.2. The molecule has 0 aliphatic heterocycles. The summed E-state index contributed by atoms with van der Waals surface area (Å²) in [7, 11) is 0. The number of rotatable bonds is 7. The molecule has 0 aliphatic rings. The molecule has 0 aliphatic carbocycles. The maximum atomic E-state index is 6.70. The highest BCUT2D eigenvalue weighted by molar-refractivity contribution is 6.11. The minimum atomic E-state index is 0.578. The Labute approximate surface area is 349 Å². The van der Waals surface area contributed by atoms with Gasteiger partial charge in [0.05, 0.1) is 33.1 Å². The second kappa shape index (κ2) is 13.6. The molecule has 0 saturated carbocycles. The van der Waals surface area contributed by atoms with Gasteiger partial charge in [0, 0.05) is 80.4 Å². The number of aromatic nitrogens is 7. The highest BCUT2D eigenvalue weighted by atomic mass is 16.5. The third-order valence-corrected chi connectivity index (χ3v) is 11.4. The molecule has 6 heterocycles. The van der Waals surface area contributed by atoms with E-state index in [-0.39, 0.29) is 0 Å². The third kappa shape index (κ3) is 5.70. The van der Waals surface area contributed by atoms with E-state index < -0.39 is 0 Å². The molecule has 0 unspecified atom stereocenters. The fourth-order valence-electron chi connectivity index (χ4n) is 8.89. The molecule has 6 aromatic heterocycles. The maximum absolute atomic E-state index is 6.70. The second-order valence-corrected chi connectivity index (χ2v) is 15.3. The van der Waals surface area contributed by atoms with E-state index in [1.165, 1.54) is 0 Å². The SMILES string of the molecule is Cc1cc(C)nc(-n2c3cc(Oc4ccc5c6ccccc6n(-c6ccccn6)c5c4)ccc3c3ccc(Oc4ccc5c6ccccc6n(-c6ccccn6)c5c4)cc32)n1. The normalized spacial score (nSPS) is 11.8. The van der Waals surface area contributed by atoms with Crippen LogP contribution in [0.15, 0.2) is 176 Å². The summed E-state index contributed by atoms with van der Waals surface area (Å²) in [5.74, 6) is 5.08. The smallest absolute Gasteiger partial charge is 0.235 e. The van der Waals surface area contributed by atoms with Gasteiger partial charge in [0.15, 0.2) is 0 Å². The summed E-state index contributed by atoms with van der Waals surface area (Å²) in [5.41, 5.74) is 7.80. The van der Waals surface area contributed by atoms with Crippen molar-refractivity contribution < 1.29 is 9.47 Å². The molecule has 0 spiro atoms. The van der Waals surface area contributed by atoms with E-state index in [0.717, 1.165) is 88.4 Å².